The van der Waals surface area contributed by atoms with E-state index in [1.54, 1.807) is 18.2 Å². The summed E-state index contributed by atoms with van der Waals surface area (Å²) < 4.78 is 15.5. The van der Waals surface area contributed by atoms with Crippen molar-refractivity contribution in [2.75, 3.05) is 30.7 Å². The number of esters is 1. The molecule has 1 unspecified atom stereocenters. The molecule has 1 aliphatic heterocycles. The number of thioether (sulfide) groups is 1. The third-order valence-corrected chi connectivity index (χ3v) is 5.57. The van der Waals surface area contributed by atoms with E-state index in [-0.39, 0.29) is 29.5 Å². The van der Waals surface area contributed by atoms with Crippen molar-refractivity contribution < 1.29 is 33.5 Å². The quantitative estimate of drug-likeness (QED) is 0.280. The number of hydrogen-bond donors (Lipinski definition) is 2. The van der Waals surface area contributed by atoms with Gasteiger partial charge in [-0.25, -0.2) is 4.79 Å². The number of fused-ring (bicyclic) bond motifs is 1. The topological polar surface area (TPSA) is 146 Å². The van der Waals surface area contributed by atoms with Crippen molar-refractivity contribution in [3.05, 3.63) is 57.1 Å². The third kappa shape index (κ3) is 6.51. The van der Waals surface area contributed by atoms with E-state index in [2.05, 4.69) is 10.6 Å². The summed E-state index contributed by atoms with van der Waals surface area (Å²) in [6, 6.07) is 7.17. The molecule has 0 aromatic heterocycles. The number of hydrogen-bond acceptors (Lipinski definition) is 9. The maximum Gasteiger partial charge on any atom is 0.329 e. The molecule has 1 aliphatic rings. The van der Waals surface area contributed by atoms with Gasteiger partial charge < -0.3 is 24.8 Å². The Morgan fingerprint density at radius 2 is 1.97 bits per heavy atom. The zero-order chi connectivity index (χ0) is 24.7. The number of non-ortho nitro benzene ring substituents is 1. The lowest BCUT2D eigenvalue weighted by atomic mass is 10.1. The minimum absolute atomic E-state index is 0.0326. The molecule has 0 fully saturated rings. The lowest BCUT2D eigenvalue weighted by molar-refractivity contribution is -0.384. The Balaban J connectivity index is 1.58. The minimum atomic E-state index is -1.05. The highest BCUT2D eigenvalue weighted by atomic mass is 35.5. The molecule has 13 heteroatoms. The highest BCUT2D eigenvalue weighted by molar-refractivity contribution is 7.98. The van der Waals surface area contributed by atoms with Crippen molar-refractivity contribution >= 4 is 52.5 Å². The Bertz CT molecular complexity index is 1110. The first-order valence-corrected chi connectivity index (χ1v) is 11.7. The number of ether oxygens (including phenoxy) is 3. The monoisotopic (exact) mass is 509 g/mol. The van der Waals surface area contributed by atoms with Gasteiger partial charge in [-0.05, 0) is 36.6 Å². The fourth-order valence-electron chi connectivity index (χ4n) is 2.93. The van der Waals surface area contributed by atoms with Crippen molar-refractivity contribution in [3.8, 4) is 11.5 Å². The standard InChI is InChI=1S/C21H20ClN3O8S/c1-34-7-6-16(24-20(27)14-4-3-13(25(29)30)9-15(14)22)21(28)31-10-19(26)23-12-2-5-17-18(8-12)33-11-32-17/h2-5,8-9,16H,6-7,10-11H2,1H3,(H,23,26)(H,24,27). The maximum absolute atomic E-state index is 12.6. The van der Waals surface area contributed by atoms with Gasteiger partial charge in [0.2, 0.25) is 6.79 Å². The number of carbonyl (C=O) groups is 3. The molecule has 2 aromatic carbocycles. The molecule has 3 rings (SSSR count). The Hall–Kier alpha value is -3.51. The summed E-state index contributed by atoms with van der Waals surface area (Å²) in [6.07, 6.45) is 2.07. The predicted octanol–water partition coefficient (Wildman–Crippen LogP) is 3.01. The molecule has 0 spiro atoms. The summed E-state index contributed by atoms with van der Waals surface area (Å²) in [4.78, 5) is 47.6. The van der Waals surface area contributed by atoms with Gasteiger partial charge in [0.1, 0.15) is 6.04 Å². The highest BCUT2D eigenvalue weighted by Gasteiger charge is 2.25. The molecule has 11 nitrogen and oxygen atoms in total. The van der Waals surface area contributed by atoms with Crippen molar-refractivity contribution in [2.45, 2.75) is 12.5 Å². The van der Waals surface area contributed by atoms with Gasteiger partial charge in [-0.3, -0.25) is 19.7 Å². The second-order valence-electron chi connectivity index (χ2n) is 6.95. The van der Waals surface area contributed by atoms with E-state index in [1.807, 2.05) is 6.26 Å². The highest BCUT2D eigenvalue weighted by Crippen LogP contribution is 2.34. The lowest BCUT2D eigenvalue weighted by Crippen LogP contribution is -2.43. The number of nitro groups is 1. The molecule has 2 amide bonds. The molecule has 0 saturated carbocycles. The predicted molar refractivity (Wildman–Crippen MR) is 125 cm³/mol. The largest absolute Gasteiger partial charge is 0.454 e. The molecule has 0 radical (unpaired) electrons. The van der Waals surface area contributed by atoms with Crippen LogP contribution in [0.5, 0.6) is 11.5 Å². The molecule has 2 N–H and O–H groups in total. The van der Waals surface area contributed by atoms with Gasteiger partial charge in [0.25, 0.3) is 17.5 Å². The number of rotatable bonds is 10. The van der Waals surface area contributed by atoms with Crippen LogP contribution in [0.2, 0.25) is 5.02 Å². The summed E-state index contributed by atoms with van der Waals surface area (Å²) in [7, 11) is 0. The summed E-state index contributed by atoms with van der Waals surface area (Å²) >= 11 is 7.45. The van der Waals surface area contributed by atoms with Crippen LogP contribution in [-0.4, -0.2) is 54.2 Å². The van der Waals surface area contributed by atoms with Crippen LogP contribution in [0.1, 0.15) is 16.8 Å². The Morgan fingerprint density at radius 1 is 1.21 bits per heavy atom. The molecule has 1 atom stereocenters. The molecule has 0 aliphatic carbocycles. The maximum atomic E-state index is 12.6. The number of amides is 2. The second-order valence-corrected chi connectivity index (χ2v) is 8.35. The molecule has 0 bridgehead atoms. The second kappa shape index (κ2) is 11.6. The van der Waals surface area contributed by atoms with Crippen LogP contribution in [0.15, 0.2) is 36.4 Å². The van der Waals surface area contributed by atoms with E-state index in [0.717, 1.165) is 12.1 Å². The van der Waals surface area contributed by atoms with Gasteiger partial charge >= 0.3 is 5.97 Å². The Kier molecular flexibility index (Phi) is 8.55. The average molecular weight is 510 g/mol. The molecule has 2 aromatic rings. The first kappa shape index (κ1) is 25.1. The van der Waals surface area contributed by atoms with Gasteiger partial charge in [-0.1, -0.05) is 11.6 Å². The SMILES string of the molecule is CSCCC(NC(=O)c1ccc([N+](=O)[O-])cc1Cl)C(=O)OCC(=O)Nc1ccc2c(c1)OCO2. The summed E-state index contributed by atoms with van der Waals surface area (Å²) in [5, 5.41) is 15.8. The van der Waals surface area contributed by atoms with Crippen LogP contribution in [-0.2, 0) is 14.3 Å². The first-order valence-electron chi connectivity index (χ1n) is 9.88. The number of carbonyl (C=O) groups excluding carboxylic acids is 3. The van der Waals surface area contributed by atoms with Crippen LogP contribution in [0, 0.1) is 10.1 Å². The van der Waals surface area contributed by atoms with Gasteiger partial charge in [0.15, 0.2) is 18.1 Å². The van der Waals surface area contributed by atoms with E-state index in [0.29, 0.717) is 22.9 Å². The fraction of sp³-hybridized carbons (Fsp3) is 0.286. The number of nitro benzene ring substituents is 1. The minimum Gasteiger partial charge on any atom is -0.454 e. The lowest BCUT2D eigenvalue weighted by Gasteiger charge is -2.17. The number of nitrogens with one attached hydrogen (secondary N) is 2. The molecular weight excluding hydrogens is 490 g/mol. The van der Waals surface area contributed by atoms with Crippen molar-refractivity contribution in [1.29, 1.82) is 0 Å². The molecule has 34 heavy (non-hydrogen) atoms. The number of halogens is 1. The zero-order valence-electron chi connectivity index (χ0n) is 17.9. The van der Waals surface area contributed by atoms with E-state index in [9.17, 15) is 24.5 Å². The molecule has 1 heterocycles. The van der Waals surface area contributed by atoms with Crippen molar-refractivity contribution in [2.24, 2.45) is 0 Å². The van der Waals surface area contributed by atoms with Crippen molar-refractivity contribution in [1.82, 2.24) is 5.32 Å². The average Bonchev–Trinajstić information content (AvgIpc) is 3.27. The van der Waals surface area contributed by atoms with Gasteiger partial charge in [0.05, 0.1) is 15.5 Å². The number of benzene rings is 2. The fourth-order valence-corrected chi connectivity index (χ4v) is 3.66. The Morgan fingerprint density at radius 3 is 2.68 bits per heavy atom. The summed E-state index contributed by atoms with van der Waals surface area (Å²) in [5.41, 5.74) is 0.133. The molecule has 0 saturated heterocycles. The third-order valence-electron chi connectivity index (χ3n) is 4.61. The van der Waals surface area contributed by atoms with Crippen LogP contribution in [0.4, 0.5) is 11.4 Å². The van der Waals surface area contributed by atoms with Gasteiger partial charge in [-0.2, -0.15) is 11.8 Å². The van der Waals surface area contributed by atoms with Crippen LogP contribution >= 0.6 is 23.4 Å². The first-order chi connectivity index (χ1) is 16.3. The smallest absolute Gasteiger partial charge is 0.329 e. The van der Waals surface area contributed by atoms with Crippen LogP contribution < -0.4 is 20.1 Å². The van der Waals surface area contributed by atoms with E-state index >= 15 is 0 Å². The molecule has 180 valence electrons. The summed E-state index contributed by atoms with van der Waals surface area (Å²) in [5.74, 6) is -0.517. The van der Waals surface area contributed by atoms with Crippen LogP contribution in [0.25, 0.3) is 0 Å². The summed E-state index contributed by atoms with van der Waals surface area (Å²) in [6.45, 7) is -0.476. The normalized spacial score (nSPS) is 12.5. The number of nitrogens with zero attached hydrogens (tertiary/aromatic N) is 1. The van der Waals surface area contributed by atoms with Crippen LogP contribution in [0.3, 0.4) is 0 Å². The van der Waals surface area contributed by atoms with E-state index in [1.165, 1.54) is 17.8 Å². The van der Waals surface area contributed by atoms with Gasteiger partial charge in [-0.15, -0.1) is 0 Å². The molecular formula is C21H20ClN3O8S. The van der Waals surface area contributed by atoms with Crippen molar-refractivity contribution in [3.63, 3.8) is 0 Å². The van der Waals surface area contributed by atoms with Gasteiger partial charge in [0, 0.05) is 23.9 Å². The Labute approximate surface area is 203 Å². The zero-order valence-corrected chi connectivity index (χ0v) is 19.4. The number of anilines is 1. The van der Waals surface area contributed by atoms with E-state index in [4.69, 9.17) is 25.8 Å². The van der Waals surface area contributed by atoms with E-state index < -0.39 is 35.4 Å².